The van der Waals surface area contributed by atoms with Gasteiger partial charge in [0.2, 0.25) is 0 Å². The van der Waals surface area contributed by atoms with E-state index in [9.17, 15) is 0 Å². The molecule has 0 aliphatic carbocycles. The van der Waals surface area contributed by atoms with Gasteiger partial charge in [-0.05, 0) is 34.9 Å². The van der Waals surface area contributed by atoms with E-state index in [1.165, 1.54) is 5.56 Å². The molecule has 0 fully saturated rings. The Morgan fingerprint density at radius 3 is 2.62 bits per heavy atom. The molecule has 26 heavy (non-hydrogen) atoms. The van der Waals surface area contributed by atoms with Crippen LogP contribution in [0.4, 0.5) is 5.82 Å². The van der Waals surface area contributed by atoms with E-state index < -0.39 is 0 Å². The molecule has 4 rings (SSSR count). The molecule has 2 aromatic carbocycles. The Bertz CT molecular complexity index is 998. The molecule has 2 aromatic heterocycles. The molecule has 0 saturated heterocycles. The monoisotopic (exact) mass is 360 g/mol. The van der Waals surface area contributed by atoms with Crippen LogP contribution < -0.4 is 5.32 Å². The predicted molar refractivity (Wildman–Crippen MR) is 106 cm³/mol. The first-order valence-electron chi connectivity index (χ1n) is 8.33. The van der Waals surface area contributed by atoms with Gasteiger partial charge in [-0.15, -0.1) is 0 Å². The third-order valence-corrected chi connectivity index (χ3v) is 4.41. The van der Waals surface area contributed by atoms with Crippen LogP contribution in [0, 0.1) is 0 Å². The Hall–Kier alpha value is -3.11. The quantitative estimate of drug-likeness (QED) is 0.500. The SMILES string of the molecule is Clc1cccc(-c2c(-c3cn[nH]c3)ccnc2NCc2ccccc2)c1. The maximum absolute atomic E-state index is 6.24. The van der Waals surface area contributed by atoms with Gasteiger partial charge in [0.25, 0.3) is 0 Å². The van der Waals surface area contributed by atoms with Crippen LogP contribution in [0.25, 0.3) is 22.3 Å². The van der Waals surface area contributed by atoms with E-state index in [4.69, 9.17) is 11.6 Å². The van der Waals surface area contributed by atoms with Crippen LogP contribution in [0.2, 0.25) is 5.02 Å². The zero-order valence-electron chi connectivity index (χ0n) is 14.0. The maximum atomic E-state index is 6.24. The summed E-state index contributed by atoms with van der Waals surface area (Å²) in [5.74, 6) is 0.815. The van der Waals surface area contributed by atoms with Gasteiger partial charge in [0.05, 0.1) is 6.20 Å². The van der Waals surface area contributed by atoms with Gasteiger partial charge in [-0.1, -0.05) is 54.1 Å². The minimum Gasteiger partial charge on any atom is -0.365 e. The number of halogens is 1. The zero-order valence-corrected chi connectivity index (χ0v) is 14.7. The lowest BCUT2D eigenvalue weighted by Crippen LogP contribution is -2.04. The summed E-state index contributed by atoms with van der Waals surface area (Å²) < 4.78 is 0. The van der Waals surface area contributed by atoms with E-state index in [1.54, 1.807) is 0 Å². The minimum atomic E-state index is 0.691. The number of anilines is 1. The molecule has 0 atom stereocenters. The number of hydrogen-bond donors (Lipinski definition) is 2. The van der Waals surface area contributed by atoms with Crippen LogP contribution in [-0.4, -0.2) is 15.2 Å². The fourth-order valence-corrected chi connectivity index (χ4v) is 3.14. The number of benzene rings is 2. The van der Waals surface area contributed by atoms with Crippen molar-refractivity contribution in [3.05, 3.63) is 89.8 Å². The number of hydrogen-bond acceptors (Lipinski definition) is 3. The zero-order chi connectivity index (χ0) is 17.8. The van der Waals surface area contributed by atoms with Gasteiger partial charge >= 0.3 is 0 Å². The van der Waals surface area contributed by atoms with Crippen molar-refractivity contribution < 1.29 is 0 Å². The highest BCUT2D eigenvalue weighted by molar-refractivity contribution is 6.30. The van der Waals surface area contributed by atoms with Crippen molar-refractivity contribution in [2.75, 3.05) is 5.32 Å². The Labute approximate surface area is 156 Å². The smallest absolute Gasteiger partial charge is 0.134 e. The van der Waals surface area contributed by atoms with Gasteiger partial charge in [-0.25, -0.2) is 4.98 Å². The molecular weight excluding hydrogens is 344 g/mol. The van der Waals surface area contributed by atoms with Gasteiger partial charge in [0, 0.05) is 35.1 Å². The van der Waals surface area contributed by atoms with Crippen molar-refractivity contribution in [1.29, 1.82) is 0 Å². The summed E-state index contributed by atoms with van der Waals surface area (Å²) >= 11 is 6.24. The second-order valence-electron chi connectivity index (χ2n) is 5.92. The fraction of sp³-hybridized carbons (Fsp3) is 0.0476. The second-order valence-corrected chi connectivity index (χ2v) is 6.36. The minimum absolute atomic E-state index is 0.691. The first-order valence-corrected chi connectivity index (χ1v) is 8.71. The fourth-order valence-electron chi connectivity index (χ4n) is 2.95. The summed E-state index contributed by atoms with van der Waals surface area (Å²) in [6.45, 7) is 0.691. The van der Waals surface area contributed by atoms with E-state index >= 15 is 0 Å². The summed E-state index contributed by atoms with van der Waals surface area (Å²) in [4.78, 5) is 4.59. The van der Waals surface area contributed by atoms with E-state index in [0.29, 0.717) is 11.6 Å². The first-order chi connectivity index (χ1) is 12.8. The normalized spacial score (nSPS) is 10.7. The highest BCUT2D eigenvalue weighted by Crippen LogP contribution is 2.37. The topological polar surface area (TPSA) is 53.6 Å². The Kier molecular flexibility index (Phi) is 4.67. The number of rotatable bonds is 5. The van der Waals surface area contributed by atoms with Crippen LogP contribution in [0.5, 0.6) is 0 Å². The average molecular weight is 361 g/mol. The standard InChI is InChI=1S/C21H17ClN4/c22-18-8-4-7-16(11-18)20-19(17-13-25-26-14-17)9-10-23-21(20)24-12-15-5-2-1-3-6-15/h1-11,13-14H,12H2,(H,23,24)(H,25,26). The number of nitrogens with one attached hydrogen (secondary N) is 2. The van der Waals surface area contributed by atoms with Crippen molar-refractivity contribution in [2.24, 2.45) is 0 Å². The highest BCUT2D eigenvalue weighted by atomic mass is 35.5. The lowest BCUT2D eigenvalue weighted by Gasteiger charge is -2.15. The van der Waals surface area contributed by atoms with Crippen molar-refractivity contribution in [2.45, 2.75) is 6.54 Å². The molecule has 0 spiro atoms. The molecule has 0 bridgehead atoms. The van der Waals surface area contributed by atoms with Crippen LogP contribution in [0.15, 0.2) is 79.3 Å². The molecule has 0 radical (unpaired) electrons. The Morgan fingerprint density at radius 2 is 1.85 bits per heavy atom. The molecular formula is C21H17ClN4. The number of H-pyrrole nitrogens is 1. The number of aromatic amines is 1. The molecule has 2 heterocycles. The lowest BCUT2D eigenvalue weighted by molar-refractivity contribution is 1.09. The van der Waals surface area contributed by atoms with Gasteiger partial charge in [-0.3, -0.25) is 5.10 Å². The Morgan fingerprint density at radius 1 is 0.962 bits per heavy atom. The van der Waals surface area contributed by atoms with Crippen LogP contribution in [0.1, 0.15) is 5.56 Å². The van der Waals surface area contributed by atoms with E-state index in [-0.39, 0.29) is 0 Å². The van der Waals surface area contributed by atoms with Crippen LogP contribution in [-0.2, 0) is 6.54 Å². The molecule has 0 saturated carbocycles. The summed E-state index contributed by atoms with van der Waals surface area (Å²) in [5, 5.41) is 11.1. The molecule has 0 amide bonds. The first kappa shape index (κ1) is 16.4. The van der Waals surface area contributed by atoms with E-state index in [1.807, 2.05) is 67.1 Å². The van der Waals surface area contributed by atoms with Crippen molar-refractivity contribution in [3.63, 3.8) is 0 Å². The third-order valence-electron chi connectivity index (χ3n) is 4.18. The molecule has 4 aromatic rings. The maximum Gasteiger partial charge on any atom is 0.134 e. The average Bonchev–Trinajstić information content (AvgIpc) is 3.21. The molecule has 0 aliphatic heterocycles. The molecule has 0 unspecified atom stereocenters. The lowest BCUT2D eigenvalue weighted by atomic mass is 9.97. The van der Waals surface area contributed by atoms with Gasteiger partial charge in [-0.2, -0.15) is 5.10 Å². The van der Waals surface area contributed by atoms with Gasteiger partial charge in [0.15, 0.2) is 0 Å². The van der Waals surface area contributed by atoms with Gasteiger partial charge < -0.3 is 5.32 Å². The summed E-state index contributed by atoms with van der Waals surface area (Å²) in [7, 11) is 0. The second kappa shape index (κ2) is 7.42. The molecule has 5 heteroatoms. The molecule has 4 nitrogen and oxygen atoms in total. The van der Waals surface area contributed by atoms with E-state index in [2.05, 4.69) is 32.6 Å². The predicted octanol–water partition coefficient (Wildman–Crippen LogP) is 5.40. The summed E-state index contributed by atoms with van der Waals surface area (Å²) in [6, 6.07) is 20.1. The van der Waals surface area contributed by atoms with Crippen molar-refractivity contribution in [1.82, 2.24) is 15.2 Å². The van der Waals surface area contributed by atoms with Crippen LogP contribution in [0.3, 0.4) is 0 Å². The summed E-state index contributed by atoms with van der Waals surface area (Å²) in [5.41, 5.74) is 5.27. The largest absolute Gasteiger partial charge is 0.365 e. The number of nitrogens with zero attached hydrogens (tertiary/aromatic N) is 2. The van der Waals surface area contributed by atoms with E-state index in [0.717, 1.165) is 28.1 Å². The van der Waals surface area contributed by atoms with Crippen molar-refractivity contribution >= 4 is 17.4 Å². The number of pyridine rings is 1. The van der Waals surface area contributed by atoms with Crippen LogP contribution >= 0.6 is 11.6 Å². The van der Waals surface area contributed by atoms with Crippen molar-refractivity contribution in [3.8, 4) is 22.3 Å². The third kappa shape index (κ3) is 3.46. The molecule has 128 valence electrons. The highest BCUT2D eigenvalue weighted by Gasteiger charge is 2.14. The molecule has 2 N–H and O–H groups in total. The number of aromatic nitrogens is 3. The summed E-state index contributed by atoms with van der Waals surface area (Å²) in [6.07, 6.45) is 5.50. The Balaban J connectivity index is 1.79. The van der Waals surface area contributed by atoms with Gasteiger partial charge in [0.1, 0.15) is 5.82 Å². The molecule has 0 aliphatic rings.